The smallest absolute Gasteiger partial charge is 0.0460 e. The number of hydrogen-bond donors (Lipinski definition) is 2. The quantitative estimate of drug-likeness (QED) is 0.639. The normalized spacial score (nSPS) is 14.8. The Morgan fingerprint density at radius 1 is 1.08 bits per heavy atom. The minimum atomic E-state index is 0.793. The van der Waals surface area contributed by atoms with E-state index in [4.69, 9.17) is 23.2 Å². The number of halogens is 2. The topological polar surface area (TPSA) is 31.1 Å². The predicted octanol–water partition coefficient (Wildman–Crippen LogP) is 4.62. The van der Waals surface area contributed by atoms with E-state index in [2.05, 4.69) is 33.4 Å². The highest BCUT2D eigenvalue weighted by molar-refractivity contribution is 6.31. The molecule has 0 saturated heterocycles. The van der Waals surface area contributed by atoms with Crippen molar-refractivity contribution >= 4 is 34.1 Å². The van der Waals surface area contributed by atoms with E-state index in [-0.39, 0.29) is 0 Å². The van der Waals surface area contributed by atoms with Gasteiger partial charge in [0, 0.05) is 59.4 Å². The van der Waals surface area contributed by atoms with E-state index in [1.807, 2.05) is 24.3 Å². The van der Waals surface area contributed by atoms with Crippen LogP contribution >= 0.6 is 23.2 Å². The molecule has 25 heavy (non-hydrogen) atoms. The van der Waals surface area contributed by atoms with Crippen molar-refractivity contribution in [3.8, 4) is 0 Å². The van der Waals surface area contributed by atoms with Gasteiger partial charge in [0.1, 0.15) is 0 Å². The van der Waals surface area contributed by atoms with Crippen molar-refractivity contribution in [2.75, 3.05) is 19.6 Å². The molecule has 0 bridgehead atoms. The van der Waals surface area contributed by atoms with Crippen molar-refractivity contribution in [3.05, 3.63) is 69.3 Å². The molecule has 1 aliphatic rings. The lowest BCUT2D eigenvalue weighted by atomic mass is 10.0. The number of nitrogens with one attached hydrogen (secondary N) is 2. The van der Waals surface area contributed by atoms with Crippen LogP contribution in [0.3, 0.4) is 0 Å². The lowest BCUT2D eigenvalue weighted by Crippen LogP contribution is -2.35. The Bertz CT molecular complexity index is 888. The minimum Gasteiger partial charge on any atom is -0.357 e. The van der Waals surface area contributed by atoms with Gasteiger partial charge in [0.2, 0.25) is 0 Å². The summed E-state index contributed by atoms with van der Waals surface area (Å²) in [6, 6.07) is 14.1. The summed E-state index contributed by atoms with van der Waals surface area (Å²) in [5, 5.41) is 6.39. The lowest BCUT2D eigenvalue weighted by Gasteiger charge is -2.27. The summed E-state index contributed by atoms with van der Waals surface area (Å²) < 4.78 is 0. The number of fused-ring (bicyclic) bond motifs is 3. The number of aromatic nitrogens is 1. The highest BCUT2D eigenvalue weighted by Gasteiger charge is 2.20. The molecule has 2 aromatic carbocycles. The molecule has 0 atom stereocenters. The van der Waals surface area contributed by atoms with Gasteiger partial charge in [-0.25, -0.2) is 0 Å². The van der Waals surface area contributed by atoms with E-state index in [9.17, 15) is 0 Å². The molecular formula is C20H21Cl2N3. The van der Waals surface area contributed by atoms with Gasteiger partial charge in [0.05, 0.1) is 0 Å². The van der Waals surface area contributed by atoms with Crippen LogP contribution in [0.15, 0.2) is 42.5 Å². The molecule has 0 unspecified atom stereocenters. The molecule has 1 aliphatic heterocycles. The van der Waals surface area contributed by atoms with Gasteiger partial charge in [0.15, 0.2) is 0 Å². The summed E-state index contributed by atoms with van der Waals surface area (Å²) in [5.74, 6) is 0. The van der Waals surface area contributed by atoms with Crippen LogP contribution in [-0.2, 0) is 19.5 Å². The van der Waals surface area contributed by atoms with Gasteiger partial charge in [-0.15, -0.1) is 0 Å². The molecule has 3 aromatic rings. The predicted molar refractivity (Wildman–Crippen MR) is 105 cm³/mol. The molecule has 0 radical (unpaired) electrons. The van der Waals surface area contributed by atoms with Crippen molar-refractivity contribution in [3.63, 3.8) is 0 Å². The Labute approximate surface area is 157 Å². The van der Waals surface area contributed by atoms with Crippen LogP contribution in [0.2, 0.25) is 10.0 Å². The number of hydrogen-bond acceptors (Lipinski definition) is 2. The summed E-state index contributed by atoms with van der Waals surface area (Å²) in [5.41, 5.74) is 5.18. The molecule has 0 spiro atoms. The van der Waals surface area contributed by atoms with E-state index >= 15 is 0 Å². The molecular weight excluding hydrogens is 353 g/mol. The van der Waals surface area contributed by atoms with Crippen molar-refractivity contribution in [1.82, 2.24) is 15.2 Å². The fourth-order valence-electron chi connectivity index (χ4n) is 3.58. The highest BCUT2D eigenvalue weighted by Crippen LogP contribution is 2.29. The molecule has 1 aromatic heterocycles. The Kier molecular flexibility index (Phi) is 5.00. The number of nitrogens with zero attached hydrogens (tertiary/aromatic N) is 1. The summed E-state index contributed by atoms with van der Waals surface area (Å²) in [6.45, 7) is 4.92. The van der Waals surface area contributed by atoms with Gasteiger partial charge in [-0.1, -0.05) is 35.3 Å². The van der Waals surface area contributed by atoms with E-state index in [0.29, 0.717) is 0 Å². The summed E-state index contributed by atoms with van der Waals surface area (Å²) in [4.78, 5) is 6.05. The maximum atomic E-state index is 6.15. The van der Waals surface area contributed by atoms with Crippen LogP contribution in [0.25, 0.3) is 10.9 Å². The Morgan fingerprint density at radius 2 is 1.96 bits per heavy atom. The minimum absolute atomic E-state index is 0.793. The molecule has 130 valence electrons. The van der Waals surface area contributed by atoms with Crippen LogP contribution in [0.5, 0.6) is 0 Å². The maximum absolute atomic E-state index is 6.15. The first kappa shape index (κ1) is 16.9. The summed E-state index contributed by atoms with van der Waals surface area (Å²) >= 11 is 12.2. The van der Waals surface area contributed by atoms with Crippen molar-refractivity contribution < 1.29 is 0 Å². The number of benzene rings is 2. The first-order valence-electron chi connectivity index (χ1n) is 8.65. The first-order valence-corrected chi connectivity index (χ1v) is 9.41. The zero-order valence-electron chi connectivity index (χ0n) is 14.0. The standard InChI is InChI=1S/C20H21Cl2N3/c21-15-3-1-2-14(10-15)12-23-7-9-25-8-6-17-18-11-16(22)4-5-19(18)24-20(17)13-25/h1-5,10-11,23-24H,6-9,12-13H2. The second-order valence-electron chi connectivity index (χ2n) is 6.60. The van der Waals surface area contributed by atoms with Gasteiger partial charge in [0.25, 0.3) is 0 Å². The summed E-state index contributed by atoms with van der Waals surface area (Å²) in [7, 11) is 0. The second kappa shape index (κ2) is 7.38. The molecule has 2 heterocycles. The van der Waals surface area contributed by atoms with E-state index in [1.54, 1.807) is 0 Å². The Balaban J connectivity index is 1.33. The molecule has 4 rings (SSSR count). The van der Waals surface area contributed by atoms with Gasteiger partial charge in [-0.2, -0.15) is 0 Å². The monoisotopic (exact) mass is 373 g/mol. The summed E-state index contributed by atoms with van der Waals surface area (Å²) in [6.07, 6.45) is 1.07. The van der Waals surface area contributed by atoms with Crippen LogP contribution < -0.4 is 5.32 Å². The fraction of sp³-hybridized carbons (Fsp3) is 0.300. The molecule has 5 heteroatoms. The molecule has 2 N–H and O–H groups in total. The average Bonchev–Trinajstić information content (AvgIpc) is 2.96. The van der Waals surface area contributed by atoms with Crippen molar-refractivity contribution in [2.45, 2.75) is 19.5 Å². The number of aromatic amines is 1. The van der Waals surface area contributed by atoms with Crippen LogP contribution in [0.4, 0.5) is 0 Å². The molecule has 0 aliphatic carbocycles. The van der Waals surface area contributed by atoms with E-state index in [0.717, 1.165) is 49.2 Å². The largest absolute Gasteiger partial charge is 0.357 e. The van der Waals surface area contributed by atoms with Crippen LogP contribution in [0, 0.1) is 0 Å². The van der Waals surface area contributed by atoms with Crippen molar-refractivity contribution in [1.29, 1.82) is 0 Å². The van der Waals surface area contributed by atoms with Crippen LogP contribution in [0.1, 0.15) is 16.8 Å². The van der Waals surface area contributed by atoms with E-state index in [1.165, 1.54) is 27.7 Å². The van der Waals surface area contributed by atoms with Gasteiger partial charge in [-0.3, -0.25) is 4.90 Å². The Hall–Kier alpha value is -1.52. The third-order valence-electron chi connectivity index (χ3n) is 4.84. The molecule has 0 amide bonds. The first-order chi connectivity index (χ1) is 12.2. The van der Waals surface area contributed by atoms with Gasteiger partial charge in [-0.05, 0) is 47.9 Å². The van der Waals surface area contributed by atoms with Gasteiger partial charge >= 0.3 is 0 Å². The average molecular weight is 374 g/mol. The maximum Gasteiger partial charge on any atom is 0.0460 e. The number of H-pyrrole nitrogens is 1. The highest BCUT2D eigenvalue weighted by atomic mass is 35.5. The van der Waals surface area contributed by atoms with Crippen LogP contribution in [-0.4, -0.2) is 29.5 Å². The molecule has 0 saturated carbocycles. The molecule has 0 fully saturated rings. The molecule has 3 nitrogen and oxygen atoms in total. The lowest BCUT2D eigenvalue weighted by molar-refractivity contribution is 0.251. The zero-order chi connectivity index (χ0) is 17.2. The zero-order valence-corrected chi connectivity index (χ0v) is 15.5. The third-order valence-corrected chi connectivity index (χ3v) is 5.31. The Morgan fingerprint density at radius 3 is 2.84 bits per heavy atom. The number of rotatable bonds is 5. The fourth-order valence-corrected chi connectivity index (χ4v) is 3.96. The third kappa shape index (κ3) is 3.85. The van der Waals surface area contributed by atoms with E-state index < -0.39 is 0 Å². The SMILES string of the molecule is Clc1cccc(CNCCN2CCc3c([nH]c4ccc(Cl)cc34)C2)c1. The van der Waals surface area contributed by atoms with Crippen molar-refractivity contribution in [2.24, 2.45) is 0 Å². The second-order valence-corrected chi connectivity index (χ2v) is 7.48. The van der Waals surface area contributed by atoms with Gasteiger partial charge < -0.3 is 10.3 Å².